The van der Waals surface area contributed by atoms with Gasteiger partial charge in [-0.05, 0) is 42.7 Å². The number of thiocarbonyl (C=S) groups is 1. The highest BCUT2D eigenvalue weighted by atomic mass is 35.5. The first-order valence-corrected chi connectivity index (χ1v) is 11.7. The van der Waals surface area contributed by atoms with Crippen LogP contribution < -0.4 is 0 Å². The number of para-hydroxylation sites is 1. The molecule has 0 unspecified atom stereocenters. The first-order chi connectivity index (χ1) is 14.4. The fourth-order valence-electron chi connectivity index (χ4n) is 3.74. The van der Waals surface area contributed by atoms with E-state index in [0.717, 1.165) is 22.9 Å². The number of hydrogen-bond donors (Lipinski definition) is 0. The quantitative estimate of drug-likeness (QED) is 0.300. The third-order valence-corrected chi connectivity index (χ3v) is 7.32. The molecule has 0 atom stereocenters. The highest BCUT2D eigenvalue weighted by Gasteiger charge is 2.31. The highest BCUT2D eigenvalue weighted by molar-refractivity contribution is 8.26. The molecule has 2 aromatic carbocycles. The molecule has 0 bridgehead atoms. The number of fused-ring (bicyclic) bond motifs is 1. The fraction of sp³-hybridized carbons (Fsp3) is 0.217. The molecule has 0 spiro atoms. The number of nitrogens with zero attached hydrogens (tertiary/aromatic N) is 2. The van der Waals surface area contributed by atoms with E-state index in [1.807, 2.05) is 31.2 Å². The van der Waals surface area contributed by atoms with Crippen molar-refractivity contribution in [1.82, 2.24) is 9.47 Å². The molecule has 1 amide bonds. The molecular formula is C23H20Cl2N2OS2. The van der Waals surface area contributed by atoms with Crippen LogP contribution in [0.2, 0.25) is 10.0 Å². The van der Waals surface area contributed by atoms with Crippen LogP contribution in [0, 0.1) is 0 Å². The van der Waals surface area contributed by atoms with Crippen molar-refractivity contribution < 1.29 is 4.79 Å². The molecule has 1 aliphatic heterocycles. The lowest BCUT2D eigenvalue weighted by molar-refractivity contribution is -0.121. The van der Waals surface area contributed by atoms with Gasteiger partial charge in [0.25, 0.3) is 5.91 Å². The summed E-state index contributed by atoms with van der Waals surface area (Å²) in [4.78, 5) is 15.0. The van der Waals surface area contributed by atoms with Gasteiger partial charge in [0.2, 0.25) is 0 Å². The van der Waals surface area contributed by atoms with E-state index in [4.69, 9.17) is 35.4 Å². The Hall–Kier alpha value is -1.79. The Labute approximate surface area is 195 Å². The van der Waals surface area contributed by atoms with E-state index in [0.29, 0.717) is 32.4 Å². The largest absolute Gasteiger partial charge is 0.342 e. The Balaban J connectivity index is 1.82. The smallest absolute Gasteiger partial charge is 0.266 e. The summed E-state index contributed by atoms with van der Waals surface area (Å²) >= 11 is 19.0. The molecule has 0 saturated carbocycles. The van der Waals surface area contributed by atoms with Crippen molar-refractivity contribution in [3.63, 3.8) is 0 Å². The number of carbonyl (C=O) groups is 1. The molecule has 1 saturated heterocycles. The van der Waals surface area contributed by atoms with Crippen LogP contribution in [0.5, 0.6) is 0 Å². The number of amides is 1. The Bertz CT molecular complexity index is 1200. The predicted molar refractivity (Wildman–Crippen MR) is 132 cm³/mol. The van der Waals surface area contributed by atoms with Crippen molar-refractivity contribution in [2.24, 2.45) is 0 Å². The van der Waals surface area contributed by atoms with Crippen LogP contribution in [0.1, 0.15) is 30.5 Å². The molecule has 0 radical (unpaired) electrons. The molecule has 154 valence electrons. The minimum Gasteiger partial charge on any atom is -0.342 e. The van der Waals surface area contributed by atoms with E-state index >= 15 is 0 Å². The standard InChI is InChI=1S/C23H20Cl2N2OS2/c1-3-15-6-5-7-17-16(11-20-22(28)27(4-2)23(29)30-20)13-26(21(15)17)12-14-8-9-18(24)19(25)10-14/h5-11,13H,3-4,12H2,1-2H3/b20-11-. The summed E-state index contributed by atoms with van der Waals surface area (Å²) in [5.41, 5.74) is 4.50. The van der Waals surface area contributed by atoms with E-state index in [9.17, 15) is 4.79 Å². The topological polar surface area (TPSA) is 25.2 Å². The number of halogens is 2. The van der Waals surface area contributed by atoms with Gasteiger partial charge in [-0.25, -0.2) is 0 Å². The maximum Gasteiger partial charge on any atom is 0.266 e. The Kier molecular flexibility index (Phi) is 6.26. The Morgan fingerprint density at radius 3 is 2.60 bits per heavy atom. The van der Waals surface area contributed by atoms with E-state index < -0.39 is 0 Å². The molecule has 1 fully saturated rings. The summed E-state index contributed by atoms with van der Waals surface area (Å²) in [6.07, 6.45) is 4.98. The van der Waals surface area contributed by atoms with Gasteiger partial charge in [0.05, 0.1) is 20.5 Å². The third kappa shape index (κ3) is 3.92. The average Bonchev–Trinajstić information content (AvgIpc) is 3.21. The van der Waals surface area contributed by atoms with Crippen molar-refractivity contribution in [1.29, 1.82) is 0 Å². The molecule has 1 aromatic heterocycles. The maximum absolute atomic E-state index is 12.7. The third-order valence-electron chi connectivity index (χ3n) is 5.21. The SMILES string of the molecule is CCc1cccc2c(/C=C3\SC(=S)N(CC)C3=O)cn(Cc3ccc(Cl)c(Cl)c3)c12. The highest BCUT2D eigenvalue weighted by Crippen LogP contribution is 2.35. The fourth-order valence-corrected chi connectivity index (χ4v) is 5.43. The van der Waals surface area contributed by atoms with Gasteiger partial charge in [-0.3, -0.25) is 9.69 Å². The van der Waals surface area contributed by atoms with Gasteiger partial charge in [0.1, 0.15) is 4.32 Å². The molecular weight excluding hydrogens is 455 g/mol. The zero-order valence-corrected chi connectivity index (χ0v) is 19.8. The molecule has 1 aliphatic rings. The molecule has 4 rings (SSSR count). The monoisotopic (exact) mass is 474 g/mol. The van der Waals surface area contributed by atoms with Crippen LogP contribution in [0.4, 0.5) is 0 Å². The molecule has 3 nitrogen and oxygen atoms in total. The lowest BCUT2D eigenvalue weighted by Crippen LogP contribution is -2.27. The number of thioether (sulfide) groups is 1. The van der Waals surface area contributed by atoms with Crippen LogP contribution in [-0.4, -0.2) is 26.2 Å². The molecule has 0 N–H and O–H groups in total. The van der Waals surface area contributed by atoms with Crippen LogP contribution >= 0.6 is 47.2 Å². The number of aromatic nitrogens is 1. The molecule has 30 heavy (non-hydrogen) atoms. The van der Waals surface area contributed by atoms with Crippen molar-refractivity contribution >= 4 is 74.4 Å². The second kappa shape index (κ2) is 8.75. The van der Waals surface area contributed by atoms with Gasteiger partial charge in [-0.1, -0.05) is 78.4 Å². The zero-order chi connectivity index (χ0) is 21.4. The maximum atomic E-state index is 12.7. The van der Waals surface area contributed by atoms with E-state index in [-0.39, 0.29) is 5.91 Å². The molecule has 2 heterocycles. The van der Waals surface area contributed by atoms with Gasteiger partial charge < -0.3 is 4.57 Å². The lowest BCUT2D eigenvalue weighted by Gasteiger charge is -2.09. The number of hydrogen-bond acceptors (Lipinski definition) is 3. The van der Waals surface area contributed by atoms with Crippen LogP contribution in [0.25, 0.3) is 17.0 Å². The van der Waals surface area contributed by atoms with Gasteiger partial charge >= 0.3 is 0 Å². The van der Waals surface area contributed by atoms with Gasteiger partial charge in [-0.15, -0.1) is 0 Å². The number of likely N-dealkylation sites (N-methyl/N-ethyl adjacent to an activating group) is 1. The van der Waals surface area contributed by atoms with Crippen LogP contribution in [-0.2, 0) is 17.8 Å². The molecule has 7 heteroatoms. The number of rotatable bonds is 5. The van der Waals surface area contributed by atoms with Crippen molar-refractivity contribution in [3.05, 3.63) is 74.2 Å². The summed E-state index contributed by atoms with van der Waals surface area (Å²) in [6, 6.07) is 12.0. The zero-order valence-electron chi connectivity index (χ0n) is 16.6. The summed E-state index contributed by atoms with van der Waals surface area (Å²) in [7, 11) is 0. The summed E-state index contributed by atoms with van der Waals surface area (Å²) in [5.74, 6) is -0.0236. The Morgan fingerprint density at radius 1 is 1.13 bits per heavy atom. The van der Waals surface area contributed by atoms with Crippen molar-refractivity contribution in [3.8, 4) is 0 Å². The first-order valence-electron chi connectivity index (χ1n) is 9.73. The van der Waals surface area contributed by atoms with E-state index in [1.165, 1.54) is 22.8 Å². The van der Waals surface area contributed by atoms with Crippen LogP contribution in [0.15, 0.2) is 47.5 Å². The number of carbonyl (C=O) groups excluding carboxylic acids is 1. The van der Waals surface area contributed by atoms with Gasteiger partial charge in [0.15, 0.2) is 0 Å². The van der Waals surface area contributed by atoms with E-state index in [1.54, 1.807) is 4.90 Å². The second-order valence-corrected chi connectivity index (χ2v) is 9.54. The summed E-state index contributed by atoms with van der Waals surface area (Å²) < 4.78 is 2.84. The molecule has 3 aromatic rings. The van der Waals surface area contributed by atoms with Gasteiger partial charge in [-0.2, -0.15) is 0 Å². The second-order valence-electron chi connectivity index (χ2n) is 7.05. The lowest BCUT2D eigenvalue weighted by atomic mass is 10.1. The summed E-state index contributed by atoms with van der Waals surface area (Å²) in [6.45, 7) is 5.33. The average molecular weight is 475 g/mol. The van der Waals surface area contributed by atoms with Crippen molar-refractivity contribution in [2.45, 2.75) is 26.8 Å². The number of benzene rings is 2. The predicted octanol–water partition coefficient (Wildman–Crippen LogP) is 6.78. The van der Waals surface area contributed by atoms with E-state index in [2.05, 4.69) is 35.9 Å². The minimum atomic E-state index is -0.0236. The summed E-state index contributed by atoms with van der Waals surface area (Å²) in [5, 5.41) is 2.21. The Morgan fingerprint density at radius 2 is 1.93 bits per heavy atom. The normalized spacial score (nSPS) is 15.7. The van der Waals surface area contributed by atoms with Gasteiger partial charge in [0, 0.05) is 30.2 Å². The van der Waals surface area contributed by atoms with Crippen LogP contribution in [0.3, 0.4) is 0 Å². The first kappa shape index (κ1) is 21.4. The number of aryl methyl sites for hydroxylation is 1. The minimum absolute atomic E-state index is 0.0236. The van der Waals surface area contributed by atoms with Crippen molar-refractivity contribution in [2.75, 3.05) is 6.54 Å². The molecule has 0 aliphatic carbocycles.